The molecule has 1 unspecified atom stereocenters. The minimum Gasteiger partial charge on any atom is -0.501 e. The summed E-state index contributed by atoms with van der Waals surface area (Å²) in [4.78, 5) is 11.9. The van der Waals surface area contributed by atoms with E-state index in [0.29, 0.717) is 11.3 Å². The molecule has 0 spiro atoms. The van der Waals surface area contributed by atoms with Gasteiger partial charge in [-0.1, -0.05) is 18.2 Å². The first-order valence-electron chi connectivity index (χ1n) is 5.06. The standard InChI is InChI=1S/C12H13NO4/c1-12(10(15)9(14)11(13)17-12)7-5-3-4-6-8(7)16-2/h3-6,14H,13H2,1-2H3. The van der Waals surface area contributed by atoms with Crippen LogP contribution in [0.15, 0.2) is 35.9 Å². The SMILES string of the molecule is COc1ccccc1C1(C)OC(N)=C(O)C1=O. The summed E-state index contributed by atoms with van der Waals surface area (Å²) in [6, 6.07) is 6.94. The fourth-order valence-corrected chi connectivity index (χ4v) is 1.87. The van der Waals surface area contributed by atoms with Gasteiger partial charge in [-0.2, -0.15) is 0 Å². The molecule has 3 N–H and O–H groups in total. The second-order valence-electron chi connectivity index (χ2n) is 3.88. The zero-order valence-electron chi connectivity index (χ0n) is 9.56. The normalized spacial score (nSPS) is 23.8. The fourth-order valence-electron chi connectivity index (χ4n) is 1.87. The van der Waals surface area contributed by atoms with Gasteiger partial charge in [0.1, 0.15) is 5.75 Å². The Kier molecular flexibility index (Phi) is 2.46. The highest BCUT2D eigenvalue weighted by molar-refractivity contribution is 6.02. The Bertz CT molecular complexity index is 509. The first kappa shape index (κ1) is 11.3. The number of nitrogens with two attached hydrogens (primary N) is 1. The molecular formula is C12H13NO4. The zero-order chi connectivity index (χ0) is 12.6. The average molecular weight is 235 g/mol. The van der Waals surface area contributed by atoms with Gasteiger partial charge < -0.3 is 20.3 Å². The molecule has 1 aliphatic rings. The molecule has 0 saturated carbocycles. The predicted molar refractivity (Wildman–Crippen MR) is 60.3 cm³/mol. The zero-order valence-corrected chi connectivity index (χ0v) is 9.56. The van der Waals surface area contributed by atoms with Crippen molar-refractivity contribution in [2.24, 2.45) is 5.73 Å². The van der Waals surface area contributed by atoms with Crippen LogP contribution in [0.3, 0.4) is 0 Å². The Balaban J connectivity index is 2.52. The van der Waals surface area contributed by atoms with Gasteiger partial charge in [0.2, 0.25) is 17.2 Å². The third kappa shape index (κ3) is 1.51. The molecule has 0 fully saturated rings. The van der Waals surface area contributed by atoms with Crippen LogP contribution in [0, 0.1) is 0 Å². The Hall–Kier alpha value is -2.17. The molecule has 0 aliphatic carbocycles. The summed E-state index contributed by atoms with van der Waals surface area (Å²) < 4.78 is 10.4. The van der Waals surface area contributed by atoms with Crippen LogP contribution in [0.4, 0.5) is 0 Å². The molecular weight excluding hydrogens is 222 g/mol. The van der Waals surface area contributed by atoms with Crippen molar-refractivity contribution in [2.75, 3.05) is 7.11 Å². The van der Waals surface area contributed by atoms with Crippen molar-refractivity contribution in [1.29, 1.82) is 0 Å². The van der Waals surface area contributed by atoms with Crippen molar-refractivity contribution < 1.29 is 19.4 Å². The smallest absolute Gasteiger partial charge is 0.250 e. The van der Waals surface area contributed by atoms with E-state index in [2.05, 4.69) is 0 Å². The number of aliphatic hydroxyl groups excluding tert-OH is 1. The maximum absolute atomic E-state index is 11.9. The number of hydrogen-bond acceptors (Lipinski definition) is 5. The molecule has 2 rings (SSSR count). The summed E-state index contributed by atoms with van der Waals surface area (Å²) in [5.41, 5.74) is 4.61. The van der Waals surface area contributed by atoms with Gasteiger partial charge >= 0.3 is 0 Å². The number of benzene rings is 1. The van der Waals surface area contributed by atoms with E-state index in [1.807, 2.05) is 0 Å². The van der Waals surface area contributed by atoms with Crippen molar-refractivity contribution >= 4 is 5.78 Å². The molecule has 0 radical (unpaired) electrons. The van der Waals surface area contributed by atoms with Crippen LogP contribution >= 0.6 is 0 Å². The van der Waals surface area contributed by atoms with E-state index in [4.69, 9.17) is 15.2 Å². The lowest BCUT2D eigenvalue weighted by atomic mass is 9.91. The second-order valence-corrected chi connectivity index (χ2v) is 3.88. The van der Waals surface area contributed by atoms with Gasteiger partial charge in [-0.25, -0.2) is 0 Å². The number of carbonyl (C=O) groups excluding carboxylic acids is 1. The quantitative estimate of drug-likeness (QED) is 0.804. The topological polar surface area (TPSA) is 81.8 Å². The van der Waals surface area contributed by atoms with Gasteiger partial charge in [-0.05, 0) is 13.0 Å². The monoisotopic (exact) mass is 235 g/mol. The number of ether oxygens (including phenoxy) is 2. The highest BCUT2D eigenvalue weighted by Crippen LogP contribution is 2.40. The number of hydrogen-bond donors (Lipinski definition) is 2. The molecule has 17 heavy (non-hydrogen) atoms. The van der Waals surface area contributed by atoms with Gasteiger partial charge in [0.25, 0.3) is 5.78 Å². The molecule has 1 aromatic carbocycles. The summed E-state index contributed by atoms with van der Waals surface area (Å²) in [6.07, 6.45) is 0. The van der Waals surface area contributed by atoms with Crippen molar-refractivity contribution in [2.45, 2.75) is 12.5 Å². The van der Waals surface area contributed by atoms with E-state index >= 15 is 0 Å². The number of ketones is 1. The van der Waals surface area contributed by atoms with E-state index in [1.54, 1.807) is 31.2 Å². The van der Waals surface area contributed by atoms with Crippen LogP contribution in [0.5, 0.6) is 5.75 Å². The number of aliphatic hydroxyl groups is 1. The van der Waals surface area contributed by atoms with Crippen molar-refractivity contribution in [3.63, 3.8) is 0 Å². The van der Waals surface area contributed by atoms with Gasteiger partial charge in [-0.15, -0.1) is 0 Å². The summed E-state index contributed by atoms with van der Waals surface area (Å²) in [7, 11) is 1.50. The van der Waals surface area contributed by atoms with E-state index in [1.165, 1.54) is 7.11 Å². The Morgan fingerprint density at radius 3 is 2.59 bits per heavy atom. The highest BCUT2D eigenvalue weighted by Gasteiger charge is 2.48. The summed E-state index contributed by atoms with van der Waals surface area (Å²) in [6.45, 7) is 1.54. The summed E-state index contributed by atoms with van der Waals surface area (Å²) in [5.74, 6) is -0.868. The fraction of sp³-hybridized carbons (Fsp3) is 0.250. The Morgan fingerprint density at radius 2 is 2.06 bits per heavy atom. The van der Waals surface area contributed by atoms with Gasteiger partial charge in [0.05, 0.1) is 7.11 Å². The number of para-hydroxylation sites is 1. The minimum absolute atomic E-state index is 0.261. The maximum Gasteiger partial charge on any atom is 0.250 e. The van der Waals surface area contributed by atoms with Crippen LogP contribution in [0.25, 0.3) is 0 Å². The number of Topliss-reactive ketones (excluding diaryl/α,β-unsaturated/α-hetero) is 1. The molecule has 5 heteroatoms. The molecule has 0 aromatic heterocycles. The number of methoxy groups -OCH3 is 1. The highest BCUT2D eigenvalue weighted by atomic mass is 16.5. The predicted octanol–water partition coefficient (Wildman–Crippen LogP) is 1.20. The molecule has 0 amide bonds. The Morgan fingerprint density at radius 1 is 1.41 bits per heavy atom. The van der Waals surface area contributed by atoms with Crippen LogP contribution in [0.1, 0.15) is 12.5 Å². The van der Waals surface area contributed by atoms with Crippen LogP contribution in [-0.4, -0.2) is 18.0 Å². The van der Waals surface area contributed by atoms with Gasteiger partial charge in [0.15, 0.2) is 0 Å². The van der Waals surface area contributed by atoms with E-state index in [9.17, 15) is 9.90 Å². The minimum atomic E-state index is -1.33. The van der Waals surface area contributed by atoms with Crippen LogP contribution in [0.2, 0.25) is 0 Å². The maximum atomic E-state index is 11.9. The average Bonchev–Trinajstić information content (AvgIpc) is 2.54. The number of carbonyl (C=O) groups is 1. The molecule has 1 heterocycles. The molecule has 0 bridgehead atoms. The molecule has 90 valence electrons. The summed E-state index contributed by atoms with van der Waals surface area (Å²) >= 11 is 0. The van der Waals surface area contributed by atoms with Gasteiger partial charge in [-0.3, -0.25) is 4.79 Å². The molecule has 1 aliphatic heterocycles. The third-order valence-electron chi connectivity index (χ3n) is 2.82. The third-order valence-corrected chi connectivity index (χ3v) is 2.82. The van der Waals surface area contributed by atoms with Crippen LogP contribution in [-0.2, 0) is 15.1 Å². The molecule has 5 nitrogen and oxygen atoms in total. The molecule has 1 aromatic rings. The van der Waals surface area contributed by atoms with E-state index in [0.717, 1.165) is 0 Å². The lowest BCUT2D eigenvalue weighted by Gasteiger charge is -2.24. The van der Waals surface area contributed by atoms with Crippen LogP contribution < -0.4 is 10.5 Å². The van der Waals surface area contributed by atoms with E-state index in [-0.39, 0.29) is 5.88 Å². The largest absolute Gasteiger partial charge is 0.501 e. The van der Waals surface area contributed by atoms with Gasteiger partial charge in [0, 0.05) is 5.56 Å². The summed E-state index contributed by atoms with van der Waals surface area (Å²) in [5, 5.41) is 9.47. The van der Waals surface area contributed by atoms with Crippen molar-refractivity contribution in [1.82, 2.24) is 0 Å². The van der Waals surface area contributed by atoms with Crippen molar-refractivity contribution in [3.8, 4) is 5.75 Å². The second kappa shape index (κ2) is 3.69. The number of rotatable bonds is 2. The first-order chi connectivity index (χ1) is 8.00. The lowest BCUT2D eigenvalue weighted by Crippen LogP contribution is -2.31. The lowest BCUT2D eigenvalue weighted by molar-refractivity contribution is -0.131. The van der Waals surface area contributed by atoms with Crippen molar-refractivity contribution in [3.05, 3.63) is 41.5 Å². The van der Waals surface area contributed by atoms with E-state index < -0.39 is 17.1 Å². The Labute approximate surface area is 98.4 Å². The first-order valence-corrected chi connectivity index (χ1v) is 5.06. The molecule has 1 atom stereocenters. The molecule has 0 saturated heterocycles.